The van der Waals surface area contributed by atoms with E-state index in [9.17, 15) is 18.4 Å². The Hall–Kier alpha value is -2.81. The molecule has 1 aromatic heterocycles. The van der Waals surface area contributed by atoms with Crippen LogP contribution in [0.4, 0.5) is 8.78 Å². The maximum absolute atomic E-state index is 14.9. The van der Waals surface area contributed by atoms with Crippen LogP contribution in [0.5, 0.6) is 5.75 Å². The number of carbonyl (C=O) groups is 2. The number of Topliss-reactive ketones (excluding diaryl/α,β-unsaturated/α-hetero) is 1. The number of imidazole rings is 1. The molecule has 0 saturated heterocycles. The summed E-state index contributed by atoms with van der Waals surface area (Å²) in [6.07, 6.45) is 0.736. The Kier molecular flexibility index (Phi) is 7.21. The second-order valence-corrected chi connectivity index (χ2v) is 9.60. The number of methoxy groups -OCH3 is 1. The number of halogens is 2. The van der Waals surface area contributed by atoms with Crippen molar-refractivity contribution in [2.45, 2.75) is 46.7 Å². The van der Waals surface area contributed by atoms with E-state index in [-0.39, 0.29) is 40.9 Å². The van der Waals surface area contributed by atoms with Crippen molar-refractivity contribution in [2.75, 3.05) is 27.7 Å². The van der Waals surface area contributed by atoms with Crippen LogP contribution in [0.1, 0.15) is 49.8 Å². The minimum atomic E-state index is -0.711. The van der Waals surface area contributed by atoms with Crippen molar-refractivity contribution in [1.29, 1.82) is 0 Å². The number of rotatable bonds is 6. The van der Waals surface area contributed by atoms with Gasteiger partial charge in [-0.15, -0.1) is 0 Å². The van der Waals surface area contributed by atoms with Crippen molar-refractivity contribution in [1.82, 2.24) is 19.8 Å². The van der Waals surface area contributed by atoms with Gasteiger partial charge in [-0.2, -0.15) is 0 Å². The van der Waals surface area contributed by atoms with Crippen molar-refractivity contribution >= 4 is 11.7 Å². The topological polar surface area (TPSA) is 76.5 Å². The normalized spacial score (nSPS) is 15.5. The molecule has 0 radical (unpaired) electrons. The van der Waals surface area contributed by atoms with Crippen LogP contribution in [0.2, 0.25) is 0 Å². The molecule has 33 heavy (non-hydrogen) atoms. The van der Waals surface area contributed by atoms with Crippen LogP contribution in [0, 0.1) is 23.0 Å². The SMILES string of the molecule is CNC(=O)[C@@H](CC(=O)c1nc(-c2cc(F)c(OC)cc2F)n2c1CN(C)CCC2)C(C)(C)C. The summed E-state index contributed by atoms with van der Waals surface area (Å²) >= 11 is 0. The molecule has 0 aliphatic carbocycles. The first-order valence-corrected chi connectivity index (χ1v) is 11.0. The number of nitrogens with zero attached hydrogens (tertiary/aromatic N) is 3. The van der Waals surface area contributed by atoms with Gasteiger partial charge in [0.1, 0.15) is 17.3 Å². The Morgan fingerprint density at radius 2 is 1.91 bits per heavy atom. The Labute approximate surface area is 193 Å². The zero-order chi connectivity index (χ0) is 24.5. The lowest BCUT2D eigenvalue weighted by Gasteiger charge is -2.28. The monoisotopic (exact) mass is 462 g/mol. The molecule has 1 atom stereocenters. The molecule has 2 heterocycles. The van der Waals surface area contributed by atoms with Gasteiger partial charge >= 0.3 is 0 Å². The van der Waals surface area contributed by atoms with Crippen LogP contribution in [0.3, 0.4) is 0 Å². The fourth-order valence-corrected chi connectivity index (χ4v) is 4.25. The molecule has 1 aliphatic heterocycles. The zero-order valence-corrected chi connectivity index (χ0v) is 20.1. The minimum absolute atomic E-state index is 0.0307. The third-order valence-corrected chi connectivity index (χ3v) is 6.16. The molecule has 0 bridgehead atoms. The summed E-state index contributed by atoms with van der Waals surface area (Å²) in [5.41, 5.74) is 0.372. The van der Waals surface area contributed by atoms with Crippen LogP contribution in [-0.4, -0.2) is 53.9 Å². The summed E-state index contributed by atoms with van der Waals surface area (Å²) in [5.74, 6) is -2.47. The van der Waals surface area contributed by atoms with Gasteiger partial charge in [0.05, 0.1) is 24.3 Å². The molecule has 0 saturated carbocycles. The lowest BCUT2D eigenvalue weighted by molar-refractivity contribution is -0.127. The Bertz CT molecular complexity index is 1060. The number of nitrogens with one attached hydrogen (secondary N) is 1. The van der Waals surface area contributed by atoms with Crippen molar-refractivity contribution in [3.63, 3.8) is 0 Å². The van der Waals surface area contributed by atoms with Gasteiger partial charge in [0.2, 0.25) is 5.91 Å². The highest BCUT2D eigenvalue weighted by Gasteiger charge is 2.35. The summed E-state index contributed by atoms with van der Waals surface area (Å²) in [6.45, 7) is 7.46. The molecule has 7 nitrogen and oxygen atoms in total. The van der Waals surface area contributed by atoms with Gasteiger partial charge in [-0.3, -0.25) is 9.59 Å². The molecule has 3 rings (SSSR count). The predicted molar refractivity (Wildman–Crippen MR) is 121 cm³/mol. The van der Waals surface area contributed by atoms with E-state index in [2.05, 4.69) is 15.2 Å². The van der Waals surface area contributed by atoms with Crippen molar-refractivity contribution in [3.05, 3.63) is 35.2 Å². The third-order valence-electron chi connectivity index (χ3n) is 6.16. The fourth-order valence-electron chi connectivity index (χ4n) is 4.25. The molecule has 1 aromatic carbocycles. The van der Waals surface area contributed by atoms with Crippen LogP contribution in [0.25, 0.3) is 11.4 Å². The molecule has 0 fully saturated rings. The Morgan fingerprint density at radius 3 is 2.52 bits per heavy atom. The molecule has 1 aliphatic rings. The standard InChI is InChI=1S/C24H32F2N4O3/c1-24(2,3)15(23(32)27-4)11-19(31)21-18-13-29(5)8-7-9-30(18)22(28-21)14-10-17(26)20(33-6)12-16(14)25/h10,12,15H,7-9,11,13H2,1-6H3,(H,27,32)/t15-/m1/s1. The smallest absolute Gasteiger partial charge is 0.223 e. The van der Waals surface area contributed by atoms with Gasteiger partial charge < -0.3 is 19.5 Å². The molecule has 1 amide bonds. The summed E-state index contributed by atoms with van der Waals surface area (Å²) < 4.78 is 36.0. The van der Waals surface area contributed by atoms with E-state index in [0.29, 0.717) is 18.8 Å². The first kappa shape index (κ1) is 24.8. The van der Waals surface area contributed by atoms with E-state index in [1.807, 2.05) is 27.8 Å². The van der Waals surface area contributed by atoms with Crippen molar-refractivity contribution in [3.8, 4) is 17.1 Å². The van der Waals surface area contributed by atoms with Crippen LogP contribution < -0.4 is 10.1 Å². The number of hydrogen-bond donors (Lipinski definition) is 1. The number of aromatic nitrogens is 2. The molecule has 180 valence electrons. The van der Waals surface area contributed by atoms with Gasteiger partial charge in [0, 0.05) is 32.6 Å². The van der Waals surface area contributed by atoms with E-state index >= 15 is 0 Å². The van der Waals surface area contributed by atoms with E-state index in [0.717, 1.165) is 25.1 Å². The number of amides is 1. The van der Waals surface area contributed by atoms with E-state index in [1.165, 1.54) is 7.11 Å². The maximum Gasteiger partial charge on any atom is 0.223 e. The predicted octanol–water partition coefficient (Wildman–Crippen LogP) is 3.65. The van der Waals surface area contributed by atoms with Crippen LogP contribution >= 0.6 is 0 Å². The molecule has 1 N–H and O–H groups in total. The number of ether oxygens (including phenoxy) is 1. The Balaban J connectivity index is 2.12. The van der Waals surface area contributed by atoms with E-state index in [1.54, 1.807) is 11.6 Å². The minimum Gasteiger partial charge on any atom is -0.494 e. The molecule has 0 unspecified atom stereocenters. The number of carbonyl (C=O) groups excluding carboxylic acids is 2. The van der Waals surface area contributed by atoms with Crippen molar-refractivity contribution in [2.24, 2.45) is 11.3 Å². The first-order chi connectivity index (χ1) is 15.5. The fraction of sp³-hybridized carbons (Fsp3) is 0.542. The van der Waals surface area contributed by atoms with E-state index < -0.39 is 23.0 Å². The summed E-state index contributed by atoms with van der Waals surface area (Å²) in [5, 5.41) is 2.64. The number of ketones is 1. The van der Waals surface area contributed by atoms with Crippen LogP contribution in [-0.2, 0) is 17.9 Å². The van der Waals surface area contributed by atoms with Gasteiger partial charge in [-0.25, -0.2) is 13.8 Å². The Morgan fingerprint density at radius 1 is 1.21 bits per heavy atom. The van der Waals surface area contributed by atoms with Gasteiger partial charge in [0.15, 0.2) is 17.3 Å². The second kappa shape index (κ2) is 9.59. The zero-order valence-electron chi connectivity index (χ0n) is 20.1. The highest BCUT2D eigenvalue weighted by atomic mass is 19.1. The molecular formula is C24H32F2N4O3. The highest BCUT2D eigenvalue weighted by molar-refractivity contribution is 5.99. The highest BCUT2D eigenvalue weighted by Crippen LogP contribution is 2.34. The average Bonchev–Trinajstić information content (AvgIpc) is 2.97. The third kappa shape index (κ3) is 5.08. The number of benzene rings is 1. The number of hydrogen-bond acceptors (Lipinski definition) is 5. The second-order valence-electron chi connectivity index (χ2n) is 9.60. The quantitative estimate of drug-likeness (QED) is 0.663. The van der Waals surface area contributed by atoms with Gasteiger partial charge in [-0.1, -0.05) is 20.8 Å². The summed E-state index contributed by atoms with van der Waals surface area (Å²) in [4.78, 5) is 32.5. The number of fused-ring (bicyclic) bond motifs is 1. The molecule has 0 spiro atoms. The lowest BCUT2D eigenvalue weighted by atomic mass is 9.77. The molecular weight excluding hydrogens is 430 g/mol. The van der Waals surface area contributed by atoms with Crippen molar-refractivity contribution < 1.29 is 23.1 Å². The van der Waals surface area contributed by atoms with Gasteiger partial charge in [0.25, 0.3) is 0 Å². The average molecular weight is 463 g/mol. The maximum atomic E-state index is 14.9. The van der Waals surface area contributed by atoms with Gasteiger partial charge in [-0.05, 0) is 31.5 Å². The largest absolute Gasteiger partial charge is 0.494 e. The van der Waals surface area contributed by atoms with Crippen LogP contribution in [0.15, 0.2) is 12.1 Å². The summed E-state index contributed by atoms with van der Waals surface area (Å²) in [7, 11) is 4.75. The summed E-state index contributed by atoms with van der Waals surface area (Å²) in [6, 6.07) is 2.03. The lowest BCUT2D eigenvalue weighted by Crippen LogP contribution is -2.37. The molecule has 9 heteroatoms. The molecule has 2 aromatic rings. The van der Waals surface area contributed by atoms with E-state index in [4.69, 9.17) is 4.74 Å². The first-order valence-electron chi connectivity index (χ1n) is 11.0.